The van der Waals surface area contributed by atoms with E-state index in [1.54, 1.807) is 0 Å². The maximum absolute atomic E-state index is 3.70. The Morgan fingerprint density at radius 2 is 2.15 bits per heavy atom. The Bertz CT molecular complexity index is 393. The second-order valence-corrected chi connectivity index (χ2v) is 8.34. The van der Waals surface area contributed by atoms with Gasteiger partial charge in [-0.05, 0) is 77.9 Å². The van der Waals surface area contributed by atoms with E-state index >= 15 is 0 Å². The number of nitrogens with one attached hydrogen (secondary N) is 1. The Labute approximate surface area is 136 Å². The van der Waals surface area contributed by atoms with E-state index in [0.29, 0.717) is 5.41 Å². The maximum atomic E-state index is 3.70. The largest absolute Gasteiger partial charge is 0.319 e. The average molecular weight is 358 g/mol. The van der Waals surface area contributed by atoms with Gasteiger partial charge in [-0.25, -0.2) is 0 Å². The summed E-state index contributed by atoms with van der Waals surface area (Å²) in [5, 5.41) is 5.67. The van der Waals surface area contributed by atoms with Crippen LogP contribution >= 0.6 is 27.3 Å². The smallest absolute Gasteiger partial charge is 0.0314 e. The van der Waals surface area contributed by atoms with E-state index in [1.165, 1.54) is 60.7 Å². The normalized spacial score (nSPS) is 26.9. The van der Waals surface area contributed by atoms with Crippen molar-refractivity contribution in [2.75, 3.05) is 13.6 Å². The zero-order valence-corrected chi connectivity index (χ0v) is 15.3. The molecule has 3 heteroatoms. The van der Waals surface area contributed by atoms with Crippen LogP contribution in [0.1, 0.15) is 56.7 Å². The first-order valence-electron chi connectivity index (χ1n) is 8.05. The van der Waals surface area contributed by atoms with Gasteiger partial charge in [0.25, 0.3) is 0 Å². The highest BCUT2D eigenvalue weighted by atomic mass is 79.9. The van der Waals surface area contributed by atoms with Crippen LogP contribution in [0.15, 0.2) is 15.9 Å². The summed E-state index contributed by atoms with van der Waals surface area (Å²) in [5.74, 6) is 0.992. The highest BCUT2D eigenvalue weighted by molar-refractivity contribution is 9.10. The first kappa shape index (κ1) is 16.5. The Morgan fingerprint density at radius 3 is 2.70 bits per heavy atom. The molecule has 0 spiro atoms. The molecule has 0 unspecified atom stereocenters. The van der Waals surface area contributed by atoms with Crippen LogP contribution in [0.5, 0.6) is 0 Å². The van der Waals surface area contributed by atoms with E-state index in [9.17, 15) is 0 Å². The summed E-state index contributed by atoms with van der Waals surface area (Å²) >= 11 is 5.61. The first-order chi connectivity index (χ1) is 9.69. The lowest BCUT2D eigenvalue weighted by Crippen LogP contribution is -2.38. The molecule has 0 aliphatic heterocycles. The minimum Gasteiger partial charge on any atom is -0.319 e. The predicted octanol–water partition coefficient (Wildman–Crippen LogP) is 5.64. The fraction of sp³-hybridized carbons (Fsp3) is 0.765. The van der Waals surface area contributed by atoms with Gasteiger partial charge in [0.2, 0.25) is 0 Å². The third-order valence-corrected chi connectivity index (χ3v) is 6.84. The van der Waals surface area contributed by atoms with Gasteiger partial charge in [-0.1, -0.05) is 26.2 Å². The lowest BCUT2D eigenvalue weighted by Gasteiger charge is -2.40. The minimum atomic E-state index is 0.491. The Kier molecular flexibility index (Phi) is 6.57. The van der Waals surface area contributed by atoms with E-state index in [2.05, 4.69) is 46.7 Å². The average Bonchev–Trinajstić information content (AvgIpc) is 2.84. The zero-order chi connectivity index (χ0) is 14.4. The summed E-state index contributed by atoms with van der Waals surface area (Å²) in [4.78, 5) is 1.53. The molecule has 0 saturated heterocycles. The Morgan fingerprint density at radius 1 is 1.40 bits per heavy atom. The number of hydrogen-bond acceptors (Lipinski definition) is 2. The number of rotatable bonds is 7. The second kappa shape index (κ2) is 7.95. The van der Waals surface area contributed by atoms with Crippen molar-refractivity contribution in [1.29, 1.82) is 0 Å². The van der Waals surface area contributed by atoms with Crippen molar-refractivity contribution in [3.05, 3.63) is 20.8 Å². The van der Waals surface area contributed by atoms with Crippen LogP contribution in [0, 0.1) is 11.3 Å². The highest BCUT2D eigenvalue weighted by Gasteiger charge is 2.35. The summed E-state index contributed by atoms with van der Waals surface area (Å²) in [6.07, 6.45) is 11.1. The van der Waals surface area contributed by atoms with Crippen LogP contribution < -0.4 is 5.32 Å². The van der Waals surface area contributed by atoms with E-state index in [1.807, 2.05) is 11.3 Å². The molecule has 1 heterocycles. The molecule has 0 radical (unpaired) electrons. The summed E-state index contributed by atoms with van der Waals surface area (Å²) < 4.78 is 1.31. The van der Waals surface area contributed by atoms with Crippen molar-refractivity contribution in [2.45, 2.75) is 58.3 Å². The van der Waals surface area contributed by atoms with Gasteiger partial charge in [-0.2, -0.15) is 0 Å². The molecule has 1 aromatic heterocycles. The summed E-state index contributed by atoms with van der Waals surface area (Å²) in [5.41, 5.74) is 0.491. The lowest BCUT2D eigenvalue weighted by atomic mass is 9.67. The third-order valence-electron chi connectivity index (χ3n) is 4.91. The van der Waals surface area contributed by atoms with Crippen LogP contribution in [0.25, 0.3) is 0 Å². The highest BCUT2D eigenvalue weighted by Crippen LogP contribution is 2.44. The molecule has 1 aliphatic rings. The van der Waals surface area contributed by atoms with Crippen LogP contribution in [-0.2, 0) is 6.42 Å². The molecular weight excluding hydrogens is 330 g/mol. The molecule has 2 rings (SSSR count). The molecule has 1 nitrogen and oxygen atoms in total. The quantitative estimate of drug-likeness (QED) is 0.665. The van der Waals surface area contributed by atoms with E-state index in [4.69, 9.17) is 0 Å². The molecule has 114 valence electrons. The topological polar surface area (TPSA) is 12.0 Å². The van der Waals surface area contributed by atoms with Crippen molar-refractivity contribution in [1.82, 2.24) is 5.32 Å². The van der Waals surface area contributed by atoms with Crippen molar-refractivity contribution < 1.29 is 0 Å². The molecule has 20 heavy (non-hydrogen) atoms. The number of thiophene rings is 1. The van der Waals surface area contributed by atoms with Crippen LogP contribution in [-0.4, -0.2) is 13.6 Å². The minimum absolute atomic E-state index is 0.491. The van der Waals surface area contributed by atoms with Gasteiger partial charge in [0.15, 0.2) is 0 Å². The van der Waals surface area contributed by atoms with Crippen LogP contribution in [0.3, 0.4) is 0 Å². The third kappa shape index (κ3) is 4.32. The fourth-order valence-electron chi connectivity index (χ4n) is 3.65. The number of halogens is 1. The molecule has 0 aromatic carbocycles. The summed E-state index contributed by atoms with van der Waals surface area (Å²) in [7, 11) is 2.11. The molecule has 0 amide bonds. The molecule has 0 atom stereocenters. The van der Waals surface area contributed by atoms with Gasteiger partial charge in [0.1, 0.15) is 0 Å². The summed E-state index contributed by atoms with van der Waals surface area (Å²) in [6.45, 7) is 3.47. The lowest BCUT2D eigenvalue weighted by molar-refractivity contribution is 0.142. The van der Waals surface area contributed by atoms with Crippen LogP contribution in [0.2, 0.25) is 0 Å². The molecule has 0 bridgehead atoms. The van der Waals surface area contributed by atoms with E-state index < -0.39 is 0 Å². The molecule has 1 fully saturated rings. The van der Waals surface area contributed by atoms with Gasteiger partial charge < -0.3 is 5.32 Å². The Balaban J connectivity index is 1.96. The van der Waals surface area contributed by atoms with Crippen molar-refractivity contribution >= 4 is 27.3 Å². The van der Waals surface area contributed by atoms with Crippen LogP contribution in [0.4, 0.5) is 0 Å². The standard InChI is InChI=1S/C17H28BrNS/c1-3-4-5-14-6-9-17(10-7-14,13-19-2)12-16-15(18)8-11-20-16/h8,11,14,19H,3-7,9-10,12-13H2,1-2H3. The number of unbranched alkanes of at least 4 members (excludes halogenated alkanes) is 1. The van der Waals surface area contributed by atoms with E-state index in [0.717, 1.165) is 12.5 Å². The monoisotopic (exact) mass is 357 g/mol. The fourth-order valence-corrected chi connectivity index (χ4v) is 5.32. The molecule has 1 N–H and O–H groups in total. The van der Waals surface area contributed by atoms with Gasteiger partial charge in [0, 0.05) is 15.9 Å². The van der Waals surface area contributed by atoms with Gasteiger partial charge in [-0.15, -0.1) is 11.3 Å². The molecule has 1 aliphatic carbocycles. The van der Waals surface area contributed by atoms with Gasteiger partial charge in [0.05, 0.1) is 0 Å². The van der Waals surface area contributed by atoms with Gasteiger partial charge >= 0.3 is 0 Å². The molecule has 1 aromatic rings. The second-order valence-electron chi connectivity index (χ2n) is 6.48. The van der Waals surface area contributed by atoms with Crippen molar-refractivity contribution in [2.24, 2.45) is 11.3 Å². The first-order valence-corrected chi connectivity index (χ1v) is 9.73. The Hall–Kier alpha value is 0.140. The van der Waals surface area contributed by atoms with Gasteiger partial charge in [-0.3, -0.25) is 0 Å². The number of hydrogen-bond donors (Lipinski definition) is 1. The zero-order valence-electron chi connectivity index (χ0n) is 12.9. The van der Waals surface area contributed by atoms with Crippen molar-refractivity contribution in [3.63, 3.8) is 0 Å². The van der Waals surface area contributed by atoms with E-state index in [-0.39, 0.29) is 0 Å². The summed E-state index contributed by atoms with van der Waals surface area (Å²) in [6, 6.07) is 2.19. The molecule has 1 saturated carbocycles. The maximum Gasteiger partial charge on any atom is 0.0314 e. The molecular formula is C17H28BrNS. The predicted molar refractivity (Wildman–Crippen MR) is 93.6 cm³/mol. The van der Waals surface area contributed by atoms with Crippen molar-refractivity contribution in [3.8, 4) is 0 Å². The SMILES string of the molecule is CCCCC1CCC(CNC)(Cc2sccc2Br)CC1.